The van der Waals surface area contributed by atoms with Gasteiger partial charge in [0, 0.05) is 44.2 Å². The molecule has 1 fully saturated rings. The van der Waals surface area contributed by atoms with Gasteiger partial charge in [0.05, 0.1) is 0 Å². The molecule has 0 atom stereocenters. The van der Waals surface area contributed by atoms with Crippen LogP contribution in [0.25, 0.3) is 0 Å². The number of hydrogen-bond donors (Lipinski definition) is 0. The van der Waals surface area contributed by atoms with Crippen molar-refractivity contribution in [3.8, 4) is 0 Å². The summed E-state index contributed by atoms with van der Waals surface area (Å²) in [6, 6.07) is 6.96. The number of amides is 1. The highest BCUT2D eigenvalue weighted by Crippen LogP contribution is 2.30. The van der Waals surface area contributed by atoms with Crippen molar-refractivity contribution in [1.82, 2.24) is 14.7 Å². The molecule has 0 spiro atoms. The molecule has 28 heavy (non-hydrogen) atoms. The first-order valence-electron chi connectivity index (χ1n) is 9.96. The molecule has 0 N–H and O–H groups in total. The first-order chi connectivity index (χ1) is 13.3. The lowest BCUT2D eigenvalue weighted by atomic mass is 9.94. The number of amidine groups is 1. The summed E-state index contributed by atoms with van der Waals surface area (Å²) in [5.41, 5.74) is 0.672. The van der Waals surface area contributed by atoms with Crippen molar-refractivity contribution in [1.29, 1.82) is 0 Å². The molecule has 2 heterocycles. The number of piperidine rings is 1. The number of likely N-dealkylation sites (N-methyl/N-ethyl adjacent to an activating group) is 1. The predicted molar refractivity (Wildman–Crippen MR) is 110 cm³/mol. The fourth-order valence-electron chi connectivity index (χ4n) is 3.84. The molecule has 1 aromatic rings. The Kier molecular flexibility index (Phi) is 6.40. The van der Waals surface area contributed by atoms with Crippen LogP contribution in [0.15, 0.2) is 33.6 Å². The fraction of sp³-hybridized carbons (Fsp3) is 0.600. The molecule has 0 bridgehead atoms. The van der Waals surface area contributed by atoms with Crippen molar-refractivity contribution in [3.05, 3.63) is 29.8 Å². The minimum atomic E-state index is -3.60. The van der Waals surface area contributed by atoms with Gasteiger partial charge < -0.3 is 14.7 Å². The Balaban J connectivity index is 1.65. The Morgan fingerprint density at radius 1 is 1.14 bits per heavy atom. The Labute approximate surface area is 168 Å². The average molecular weight is 407 g/mol. The zero-order valence-corrected chi connectivity index (χ0v) is 17.8. The standard InChI is InChI=1S/C20H30N4O3S/c1-4-11-24(15-14-22(2)3)20(25)16-9-12-23(13-10-16)19-17-7-5-6-8-18(17)28(26,27)21-19/h5-8,16H,4,9-15H2,1-3H3. The van der Waals surface area contributed by atoms with E-state index in [2.05, 4.69) is 16.2 Å². The Bertz CT molecular complexity index is 843. The molecule has 2 aliphatic heterocycles. The van der Waals surface area contributed by atoms with Crippen molar-refractivity contribution in [2.24, 2.45) is 10.3 Å². The number of sulfonamides is 1. The van der Waals surface area contributed by atoms with Crippen molar-refractivity contribution >= 4 is 21.8 Å². The van der Waals surface area contributed by atoms with Crippen LogP contribution >= 0.6 is 0 Å². The van der Waals surface area contributed by atoms with E-state index >= 15 is 0 Å². The van der Waals surface area contributed by atoms with Gasteiger partial charge in [-0.2, -0.15) is 8.42 Å². The SMILES string of the molecule is CCCN(CCN(C)C)C(=O)C1CCN(C2=NS(=O)(=O)c3ccccc32)CC1. The van der Waals surface area contributed by atoms with E-state index in [1.54, 1.807) is 18.2 Å². The molecule has 2 aliphatic rings. The number of benzene rings is 1. The van der Waals surface area contributed by atoms with Gasteiger partial charge >= 0.3 is 0 Å². The number of carbonyl (C=O) groups is 1. The van der Waals surface area contributed by atoms with E-state index in [-0.39, 0.29) is 16.7 Å². The smallest absolute Gasteiger partial charge is 0.285 e. The molecule has 3 rings (SSSR count). The van der Waals surface area contributed by atoms with Crippen molar-refractivity contribution in [3.63, 3.8) is 0 Å². The topological polar surface area (TPSA) is 73.3 Å². The van der Waals surface area contributed by atoms with Gasteiger partial charge in [-0.25, -0.2) is 0 Å². The van der Waals surface area contributed by atoms with E-state index in [9.17, 15) is 13.2 Å². The lowest BCUT2D eigenvalue weighted by Crippen LogP contribution is -2.46. The maximum Gasteiger partial charge on any atom is 0.285 e. The molecule has 0 saturated carbocycles. The van der Waals surface area contributed by atoms with Gasteiger partial charge in [0.2, 0.25) is 5.91 Å². The minimum Gasteiger partial charge on any atom is -0.355 e. The van der Waals surface area contributed by atoms with E-state index in [4.69, 9.17) is 0 Å². The molecule has 7 nitrogen and oxygen atoms in total. The van der Waals surface area contributed by atoms with Gasteiger partial charge in [0.15, 0.2) is 5.84 Å². The van der Waals surface area contributed by atoms with Crippen LogP contribution in [-0.2, 0) is 14.8 Å². The normalized spacial score (nSPS) is 18.9. The monoisotopic (exact) mass is 406 g/mol. The maximum atomic E-state index is 13.0. The summed E-state index contributed by atoms with van der Waals surface area (Å²) >= 11 is 0. The van der Waals surface area contributed by atoms with Crippen LogP contribution in [0.4, 0.5) is 0 Å². The molecule has 0 aromatic heterocycles. The molecule has 1 aromatic carbocycles. The zero-order chi connectivity index (χ0) is 20.3. The maximum absolute atomic E-state index is 13.0. The molecule has 0 radical (unpaired) electrons. The molecule has 8 heteroatoms. The van der Waals surface area contributed by atoms with E-state index in [1.165, 1.54) is 0 Å². The zero-order valence-electron chi connectivity index (χ0n) is 17.0. The molecule has 154 valence electrons. The van der Waals surface area contributed by atoms with Gasteiger partial charge in [-0.3, -0.25) is 4.79 Å². The van der Waals surface area contributed by atoms with Gasteiger partial charge in [-0.05, 0) is 45.5 Å². The van der Waals surface area contributed by atoms with E-state index in [1.807, 2.05) is 30.0 Å². The summed E-state index contributed by atoms with van der Waals surface area (Å²) in [5, 5.41) is 0. The number of fused-ring (bicyclic) bond motifs is 1. The highest BCUT2D eigenvalue weighted by molar-refractivity contribution is 7.90. The van der Waals surface area contributed by atoms with Gasteiger partial charge in [-0.15, -0.1) is 4.40 Å². The molecule has 1 saturated heterocycles. The Hall–Kier alpha value is -1.93. The predicted octanol–water partition coefficient (Wildman–Crippen LogP) is 1.65. The largest absolute Gasteiger partial charge is 0.355 e. The number of nitrogens with zero attached hydrogens (tertiary/aromatic N) is 4. The lowest BCUT2D eigenvalue weighted by molar-refractivity contribution is -0.137. The molecule has 0 aliphatic carbocycles. The number of rotatable bonds is 6. The van der Waals surface area contributed by atoms with Crippen LogP contribution < -0.4 is 0 Å². The molecule has 1 amide bonds. The van der Waals surface area contributed by atoms with Crippen LogP contribution in [0.2, 0.25) is 0 Å². The quantitative estimate of drug-likeness (QED) is 0.718. The van der Waals surface area contributed by atoms with Crippen molar-refractivity contribution < 1.29 is 13.2 Å². The second kappa shape index (κ2) is 8.61. The fourth-order valence-corrected chi connectivity index (χ4v) is 5.06. The van der Waals surface area contributed by atoms with Gasteiger partial charge in [0.1, 0.15) is 4.90 Å². The van der Waals surface area contributed by atoms with Crippen molar-refractivity contribution in [2.45, 2.75) is 31.1 Å². The van der Waals surface area contributed by atoms with E-state index in [0.29, 0.717) is 24.5 Å². The Morgan fingerprint density at radius 3 is 2.46 bits per heavy atom. The molecule has 0 unspecified atom stereocenters. The van der Waals surface area contributed by atoms with Gasteiger partial charge in [0.25, 0.3) is 10.0 Å². The third-order valence-corrected chi connectivity index (χ3v) is 6.70. The van der Waals surface area contributed by atoms with Gasteiger partial charge in [-0.1, -0.05) is 19.1 Å². The highest BCUT2D eigenvalue weighted by Gasteiger charge is 2.35. The number of hydrogen-bond acceptors (Lipinski definition) is 5. The second-order valence-corrected chi connectivity index (χ2v) is 9.35. The summed E-state index contributed by atoms with van der Waals surface area (Å²) < 4.78 is 28.6. The van der Waals surface area contributed by atoms with Crippen LogP contribution in [0, 0.1) is 5.92 Å². The third kappa shape index (κ3) is 4.38. The van der Waals surface area contributed by atoms with E-state index < -0.39 is 10.0 Å². The van der Waals surface area contributed by atoms with Crippen molar-refractivity contribution in [2.75, 3.05) is 46.8 Å². The van der Waals surface area contributed by atoms with Crippen LogP contribution in [0.3, 0.4) is 0 Å². The first kappa shape index (κ1) is 20.8. The minimum absolute atomic E-state index is 0.00110. The van der Waals surface area contributed by atoms with Crippen LogP contribution in [0.5, 0.6) is 0 Å². The lowest BCUT2D eigenvalue weighted by Gasteiger charge is -2.35. The second-order valence-electron chi connectivity index (χ2n) is 7.78. The molecular formula is C20H30N4O3S. The number of carbonyl (C=O) groups excluding carboxylic acids is 1. The summed E-state index contributed by atoms with van der Waals surface area (Å²) in [5.74, 6) is 0.753. The van der Waals surface area contributed by atoms with E-state index in [0.717, 1.165) is 38.9 Å². The van der Waals surface area contributed by atoms with Crippen LogP contribution in [-0.4, -0.2) is 81.7 Å². The number of likely N-dealkylation sites (tertiary alicyclic amines) is 1. The third-order valence-electron chi connectivity index (χ3n) is 5.38. The first-order valence-corrected chi connectivity index (χ1v) is 11.4. The summed E-state index contributed by atoms with van der Waals surface area (Å²) in [6.07, 6.45) is 2.40. The summed E-state index contributed by atoms with van der Waals surface area (Å²) in [4.78, 5) is 19.4. The molecular weight excluding hydrogens is 376 g/mol. The summed E-state index contributed by atoms with van der Waals surface area (Å²) in [7, 11) is 0.427. The summed E-state index contributed by atoms with van der Waals surface area (Å²) in [6.45, 7) is 5.77. The van der Waals surface area contributed by atoms with Crippen LogP contribution in [0.1, 0.15) is 31.7 Å². The average Bonchev–Trinajstić information content (AvgIpc) is 2.96. The highest BCUT2D eigenvalue weighted by atomic mass is 32.2. The Morgan fingerprint density at radius 2 is 1.82 bits per heavy atom.